The van der Waals surface area contributed by atoms with Gasteiger partial charge in [-0.3, -0.25) is 4.57 Å². The van der Waals surface area contributed by atoms with Crippen molar-refractivity contribution in [1.82, 2.24) is 9.97 Å². The first-order chi connectivity index (χ1) is 10.9. The molecule has 1 aliphatic heterocycles. The van der Waals surface area contributed by atoms with E-state index in [1.165, 1.54) is 5.56 Å². The summed E-state index contributed by atoms with van der Waals surface area (Å²) >= 11 is 0. The summed E-state index contributed by atoms with van der Waals surface area (Å²) in [6.07, 6.45) is 4.08. The lowest BCUT2D eigenvalue weighted by molar-refractivity contribution is 0.350. The van der Waals surface area contributed by atoms with E-state index in [2.05, 4.69) is 27.9 Å². The zero-order valence-electron chi connectivity index (χ0n) is 13.2. The highest BCUT2D eigenvalue weighted by atomic mass is 31.2. The third-order valence-corrected chi connectivity index (χ3v) is 5.35. The second-order valence-electron chi connectivity index (χ2n) is 6.33. The molecule has 1 aromatic carbocycles. The molecule has 1 saturated heterocycles. The quantitative estimate of drug-likeness (QED) is 0.836. The van der Waals surface area contributed by atoms with Crippen molar-refractivity contribution in [2.24, 2.45) is 5.92 Å². The predicted octanol–water partition coefficient (Wildman–Crippen LogP) is 2.72. The van der Waals surface area contributed by atoms with Crippen molar-refractivity contribution >= 4 is 24.3 Å². The number of hydrogen-bond acceptors (Lipinski definition) is 4. The molecule has 2 N–H and O–H groups in total. The lowest BCUT2D eigenvalue weighted by Crippen LogP contribution is -2.34. The van der Waals surface area contributed by atoms with Crippen LogP contribution in [0.15, 0.2) is 24.5 Å². The maximum Gasteiger partial charge on any atom is 0.325 e. The Morgan fingerprint density at radius 1 is 1.26 bits per heavy atom. The molecular formula is C16H22N3O3P. The van der Waals surface area contributed by atoms with E-state index in [-0.39, 0.29) is 6.16 Å². The van der Waals surface area contributed by atoms with Crippen molar-refractivity contribution in [3.05, 3.63) is 30.1 Å². The minimum Gasteiger partial charge on any atom is -0.356 e. The number of nitrogens with zero attached hydrogens (tertiary/aromatic N) is 3. The fraction of sp³-hybridized carbons (Fsp3) is 0.500. The van der Waals surface area contributed by atoms with Crippen molar-refractivity contribution < 1.29 is 14.4 Å². The van der Waals surface area contributed by atoms with E-state index in [0.717, 1.165) is 42.7 Å². The Hall–Kier alpha value is -1.49. The third kappa shape index (κ3) is 4.08. The van der Waals surface area contributed by atoms with Crippen LogP contribution in [-0.2, 0) is 4.57 Å². The lowest BCUT2D eigenvalue weighted by Gasteiger charge is -2.33. The van der Waals surface area contributed by atoms with E-state index in [9.17, 15) is 4.57 Å². The number of aromatic nitrogens is 2. The van der Waals surface area contributed by atoms with Crippen LogP contribution in [0.2, 0.25) is 0 Å². The summed E-state index contributed by atoms with van der Waals surface area (Å²) in [4.78, 5) is 29.1. The summed E-state index contributed by atoms with van der Waals surface area (Å²) in [6, 6.07) is 6.18. The van der Waals surface area contributed by atoms with Crippen molar-refractivity contribution in [2.45, 2.75) is 26.2 Å². The van der Waals surface area contributed by atoms with Crippen LogP contribution < -0.4 is 4.90 Å². The van der Waals surface area contributed by atoms with Gasteiger partial charge in [0.1, 0.15) is 12.1 Å². The molecule has 124 valence electrons. The van der Waals surface area contributed by atoms with Crippen LogP contribution in [0.5, 0.6) is 0 Å². The fourth-order valence-electron chi connectivity index (χ4n) is 3.19. The normalized spacial score (nSPS) is 16.9. The lowest BCUT2D eigenvalue weighted by atomic mass is 9.94. The molecule has 0 bridgehead atoms. The van der Waals surface area contributed by atoms with E-state index in [1.54, 1.807) is 6.33 Å². The molecule has 1 aliphatic rings. The van der Waals surface area contributed by atoms with Gasteiger partial charge >= 0.3 is 7.60 Å². The number of hydrogen-bond donors (Lipinski definition) is 2. The zero-order chi connectivity index (χ0) is 16.4. The number of rotatable bonds is 4. The van der Waals surface area contributed by atoms with Crippen LogP contribution in [0.3, 0.4) is 0 Å². The molecule has 0 amide bonds. The molecule has 0 spiro atoms. The highest BCUT2D eigenvalue weighted by Gasteiger charge is 2.24. The Balaban J connectivity index is 1.71. The van der Waals surface area contributed by atoms with Crippen molar-refractivity contribution in [1.29, 1.82) is 0 Å². The zero-order valence-corrected chi connectivity index (χ0v) is 14.1. The molecule has 23 heavy (non-hydrogen) atoms. The van der Waals surface area contributed by atoms with Gasteiger partial charge in [0.25, 0.3) is 0 Å². The first kappa shape index (κ1) is 16.4. The maximum absolute atomic E-state index is 11.0. The van der Waals surface area contributed by atoms with Gasteiger partial charge in [-0.05, 0) is 44.2 Å². The van der Waals surface area contributed by atoms with Gasteiger partial charge in [0.2, 0.25) is 0 Å². The van der Waals surface area contributed by atoms with Crippen molar-refractivity contribution in [3.63, 3.8) is 0 Å². The van der Waals surface area contributed by atoms with Gasteiger partial charge in [-0.25, -0.2) is 9.97 Å². The molecule has 0 unspecified atom stereocenters. The summed E-state index contributed by atoms with van der Waals surface area (Å²) < 4.78 is 11.0. The van der Waals surface area contributed by atoms with Crippen molar-refractivity contribution in [3.8, 4) is 0 Å². The van der Waals surface area contributed by atoms with Gasteiger partial charge in [0.05, 0.1) is 11.7 Å². The molecule has 1 aromatic heterocycles. The number of aryl methyl sites for hydroxylation is 1. The standard InChI is InChI=1S/C16H22N3O3P/c1-12-2-3-15-14(10-12)16(18-11-17-15)19-7-4-13(5-8-19)6-9-23(20,21)22/h2-3,10-11,13H,4-9H2,1H3,(H2,20,21,22). The summed E-state index contributed by atoms with van der Waals surface area (Å²) in [6.45, 7) is 3.79. The average molecular weight is 335 g/mol. The Kier molecular flexibility index (Phi) is 4.67. The average Bonchev–Trinajstić information content (AvgIpc) is 2.52. The SMILES string of the molecule is Cc1ccc2ncnc(N3CCC(CCP(=O)(O)O)CC3)c2c1. The monoisotopic (exact) mass is 335 g/mol. The van der Waals surface area contributed by atoms with Gasteiger partial charge in [-0.2, -0.15) is 0 Å². The number of fused-ring (bicyclic) bond motifs is 1. The predicted molar refractivity (Wildman–Crippen MR) is 90.7 cm³/mol. The van der Waals surface area contributed by atoms with Crippen molar-refractivity contribution in [2.75, 3.05) is 24.2 Å². The van der Waals surface area contributed by atoms with Crippen LogP contribution >= 0.6 is 7.60 Å². The fourth-order valence-corrected chi connectivity index (χ4v) is 3.89. The summed E-state index contributed by atoms with van der Waals surface area (Å²) in [7, 11) is -3.88. The van der Waals surface area contributed by atoms with E-state index in [4.69, 9.17) is 9.79 Å². The second-order valence-corrected chi connectivity index (χ2v) is 8.10. The highest BCUT2D eigenvalue weighted by Crippen LogP contribution is 2.38. The molecule has 2 heterocycles. The Bertz CT molecular complexity index is 738. The number of benzene rings is 1. The smallest absolute Gasteiger partial charge is 0.325 e. The van der Waals surface area contributed by atoms with Crippen LogP contribution in [-0.4, -0.2) is 39.0 Å². The molecule has 0 radical (unpaired) electrons. The Morgan fingerprint density at radius 3 is 2.70 bits per heavy atom. The first-order valence-corrected chi connectivity index (χ1v) is 9.73. The Morgan fingerprint density at radius 2 is 2.00 bits per heavy atom. The molecule has 2 aromatic rings. The molecule has 0 saturated carbocycles. The minimum atomic E-state index is -3.88. The first-order valence-electron chi connectivity index (χ1n) is 7.93. The van der Waals surface area contributed by atoms with E-state index >= 15 is 0 Å². The molecule has 0 atom stereocenters. The summed E-state index contributed by atoms with van der Waals surface area (Å²) in [5, 5.41) is 1.07. The van der Waals surface area contributed by atoms with Gasteiger partial charge in [0, 0.05) is 18.5 Å². The van der Waals surface area contributed by atoms with Crippen LogP contribution in [0.1, 0.15) is 24.8 Å². The molecule has 6 nitrogen and oxygen atoms in total. The van der Waals surface area contributed by atoms with Crippen LogP contribution in [0.25, 0.3) is 10.9 Å². The molecule has 0 aliphatic carbocycles. The maximum atomic E-state index is 11.0. The molecule has 3 rings (SSSR count). The number of piperidine rings is 1. The Labute approximate surface area is 135 Å². The largest absolute Gasteiger partial charge is 0.356 e. The summed E-state index contributed by atoms with van der Waals surface area (Å²) in [5.74, 6) is 1.35. The summed E-state index contributed by atoms with van der Waals surface area (Å²) in [5.41, 5.74) is 2.13. The third-order valence-electron chi connectivity index (χ3n) is 4.51. The van der Waals surface area contributed by atoms with Gasteiger partial charge in [0.15, 0.2) is 0 Å². The van der Waals surface area contributed by atoms with Crippen LogP contribution in [0, 0.1) is 12.8 Å². The van der Waals surface area contributed by atoms with E-state index < -0.39 is 7.60 Å². The van der Waals surface area contributed by atoms with E-state index in [1.807, 2.05) is 12.1 Å². The van der Waals surface area contributed by atoms with Gasteiger partial charge in [-0.1, -0.05) is 11.6 Å². The molecule has 1 fully saturated rings. The van der Waals surface area contributed by atoms with Crippen LogP contribution in [0.4, 0.5) is 5.82 Å². The number of anilines is 1. The van der Waals surface area contributed by atoms with Gasteiger partial charge in [-0.15, -0.1) is 0 Å². The highest BCUT2D eigenvalue weighted by molar-refractivity contribution is 7.51. The topological polar surface area (TPSA) is 86.6 Å². The molecule has 7 heteroatoms. The molecular weight excluding hydrogens is 313 g/mol. The van der Waals surface area contributed by atoms with E-state index in [0.29, 0.717) is 12.3 Å². The second kappa shape index (κ2) is 6.56. The van der Waals surface area contributed by atoms with Gasteiger partial charge < -0.3 is 14.7 Å². The minimum absolute atomic E-state index is 0.00665.